The number of amides is 1. The molecule has 0 unspecified atom stereocenters. The minimum Gasteiger partial charge on any atom is -0.493 e. The fourth-order valence-corrected chi connectivity index (χ4v) is 4.39. The van der Waals surface area contributed by atoms with Crippen LogP contribution >= 0.6 is 0 Å². The molecule has 1 amide bonds. The van der Waals surface area contributed by atoms with Gasteiger partial charge in [0.2, 0.25) is 0 Å². The Bertz CT molecular complexity index is 1340. The van der Waals surface area contributed by atoms with Gasteiger partial charge in [-0.3, -0.25) is 14.6 Å². The monoisotopic (exact) mass is 444 g/mol. The number of carbonyl (C=O) groups excluding carboxylic acids is 1. The number of ether oxygens (including phenoxy) is 1. The fraction of sp³-hybridized carbons (Fsp3) is 0.280. The third-order valence-electron chi connectivity index (χ3n) is 6.13. The largest absolute Gasteiger partial charge is 0.493 e. The van der Waals surface area contributed by atoms with Gasteiger partial charge in [0.1, 0.15) is 0 Å². The summed E-state index contributed by atoms with van der Waals surface area (Å²) in [7, 11) is 1.57. The van der Waals surface area contributed by atoms with Crippen LogP contribution in [0.25, 0.3) is 22.2 Å². The van der Waals surface area contributed by atoms with Crippen LogP contribution in [0.3, 0.4) is 0 Å². The average molecular weight is 444 g/mol. The molecule has 168 valence electrons. The molecule has 1 fully saturated rings. The second-order valence-electron chi connectivity index (χ2n) is 8.21. The summed E-state index contributed by atoms with van der Waals surface area (Å²) in [5, 5.41) is 8.49. The van der Waals surface area contributed by atoms with Crippen molar-refractivity contribution in [3.05, 3.63) is 77.0 Å². The quantitative estimate of drug-likeness (QED) is 0.500. The van der Waals surface area contributed by atoms with Crippen molar-refractivity contribution < 1.29 is 13.9 Å². The predicted octanol–water partition coefficient (Wildman–Crippen LogP) is 3.97. The highest BCUT2D eigenvalue weighted by molar-refractivity contribution is 5.97. The first-order valence-corrected chi connectivity index (χ1v) is 11.0. The second kappa shape index (κ2) is 8.90. The van der Waals surface area contributed by atoms with E-state index in [1.807, 2.05) is 24.3 Å². The van der Waals surface area contributed by atoms with Crippen LogP contribution in [-0.2, 0) is 0 Å². The van der Waals surface area contributed by atoms with Crippen molar-refractivity contribution in [2.24, 2.45) is 0 Å². The molecule has 1 aliphatic rings. The summed E-state index contributed by atoms with van der Waals surface area (Å²) in [5.41, 5.74) is 2.11. The van der Waals surface area contributed by atoms with Gasteiger partial charge in [-0.25, -0.2) is 4.68 Å². The van der Waals surface area contributed by atoms with E-state index in [1.54, 1.807) is 48.5 Å². The van der Waals surface area contributed by atoms with Crippen molar-refractivity contribution in [3.63, 3.8) is 0 Å². The fourth-order valence-electron chi connectivity index (χ4n) is 4.39. The first-order valence-electron chi connectivity index (χ1n) is 11.0. The molecule has 3 heterocycles. The molecule has 1 aromatic carbocycles. The Morgan fingerprint density at radius 2 is 1.88 bits per heavy atom. The van der Waals surface area contributed by atoms with Gasteiger partial charge in [0.05, 0.1) is 18.8 Å². The Hall–Kier alpha value is -3.94. The van der Waals surface area contributed by atoms with Gasteiger partial charge in [-0.05, 0) is 56.0 Å². The van der Waals surface area contributed by atoms with Crippen molar-refractivity contribution >= 4 is 16.9 Å². The first-order chi connectivity index (χ1) is 16.1. The van der Waals surface area contributed by atoms with E-state index in [0.29, 0.717) is 11.3 Å². The SMILES string of the molecule is COc1cccc2cc(C(=O)NC3CCC(n4nc(-c5ccncc5)ccc4=O)CC3)oc12. The summed E-state index contributed by atoms with van der Waals surface area (Å²) in [4.78, 5) is 29.3. The number of rotatable bonds is 5. The number of carbonyl (C=O) groups is 1. The standard InChI is InChI=1S/C25H24N4O4/c1-32-21-4-2-3-17-15-22(33-24(17)21)25(31)27-18-5-7-19(8-6-18)29-23(30)10-9-20(28-29)16-11-13-26-14-12-16/h2-4,9-15,18-19H,5-8H2,1H3,(H,27,31). The molecule has 8 nitrogen and oxygen atoms in total. The summed E-state index contributed by atoms with van der Waals surface area (Å²) >= 11 is 0. The van der Waals surface area contributed by atoms with Gasteiger partial charge in [0, 0.05) is 35.5 Å². The van der Waals surface area contributed by atoms with Crippen LogP contribution in [0, 0.1) is 0 Å². The van der Waals surface area contributed by atoms with E-state index < -0.39 is 0 Å². The normalized spacial score (nSPS) is 18.2. The van der Waals surface area contributed by atoms with Crippen LogP contribution in [0.15, 0.2) is 70.1 Å². The van der Waals surface area contributed by atoms with E-state index in [0.717, 1.165) is 42.3 Å². The Morgan fingerprint density at radius 3 is 2.64 bits per heavy atom. The maximum atomic E-state index is 12.8. The lowest BCUT2D eigenvalue weighted by Crippen LogP contribution is -2.39. The van der Waals surface area contributed by atoms with E-state index in [1.165, 1.54) is 0 Å². The zero-order chi connectivity index (χ0) is 22.8. The summed E-state index contributed by atoms with van der Waals surface area (Å²) in [5.74, 6) is 0.616. The van der Waals surface area contributed by atoms with E-state index in [2.05, 4.69) is 15.4 Å². The number of nitrogens with zero attached hydrogens (tertiary/aromatic N) is 3. The molecule has 5 rings (SSSR count). The van der Waals surface area contributed by atoms with Crippen molar-refractivity contribution in [2.75, 3.05) is 7.11 Å². The topological polar surface area (TPSA) is 99.2 Å². The van der Waals surface area contributed by atoms with Crippen molar-refractivity contribution in [1.82, 2.24) is 20.1 Å². The molecular formula is C25H24N4O4. The second-order valence-corrected chi connectivity index (χ2v) is 8.21. The van der Waals surface area contributed by atoms with Crippen LogP contribution < -0.4 is 15.6 Å². The van der Waals surface area contributed by atoms with Crippen molar-refractivity contribution in [1.29, 1.82) is 0 Å². The highest BCUT2D eigenvalue weighted by atomic mass is 16.5. The van der Waals surface area contributed by atoms with E-state index in [4.69, 9.17) is 9.15 Å². The molecule has 4 aromatic rings. The molecule has 0 radical (unpaired) electrons. The van der Waals surface area contributed by atoms with Gasteiger partial charge in [0.15, 0.2) is 17.1 Å². The lowest BCUT2D eigenvalue weighted by atomic mass is 9.91. The predicted molar refractivity (Wildman–Crippen MR) is 123 cm³/mol. The van der Waals surface area contributed by atoms with E-state index in [9.17, 15) is 9.59 Å². The number of furan rings is 1. The third kappa shape index (κ3) is 4.24. The Morgan fingerprint density at radius 1 is 1.09 bits per heavy atom. The number of hydrogen-bond donors (Lipinski definition) is 1. The molecule has 0 aliphatic heterocycles. The maximum Gasteiger partial charge on any atom is 0.287 e. The minimum atomic E-state index is -0.244. The minimum absolute atomic E-state index is 0.00269. The molecule has 1 saturated carbocycles. The Kier molecular flexibility index (Phi) is 5.64. The molecule has 3 aromatic heterocycles. The highest BCUT2D eigenvalue weighted by Gasteiger charge is 2.26. The van der Waals surface area contributed by atoms with Gasteiger partial charge in [0.25, 0.3) is 11.5 Å². The molecule has 0 spiro atoms. The number of aromatic nitrogens is 3. The lowest BCUT2D eigenvalue weighted by molar-refractivity contribution is 0.0895. The highest BCUT2D eigenvalue weighted by Crippen LogP contribution is 2.30. The average Bonchev–Trinajstić information content (AvgIpc) is 3.30. The van der Waals surface area contributed by atoms with Gasteiger partial charge < -0.3 is 14.5 Å². The molecule has 0 atom stereocenters. The number of para-hydroxylation sites is 1. The van der Waals surface area contributed by atoms with Crippen LogP contribution in [0.2, 0.25) is 0 Å². The summed E-state index contributed by atoms with van der Waals surface area (Å²) in [6.45, 7) is 0. The smallest absolute Gasteiger partial charge is 0.287 e. The summed E-state index contributed by atoms with van der Waals surface area (Å²) < 4.78 is 12.6. The van der Waals surface area contributed by atoms with Crippen LogP contribution in [0.1, 0.15) is 42.3 Å². The molecule has 1 N–H and O–H groups in total. The van der Waals surface area contributed by atoms with Crippen molar-refractivity contribution in [2.45, 2.75) is 37.8 Å². The summed E-state index contributed by atoms with van der Waals surface area (Å²) in [6, 6.07) is 14.3. The van der Waals surface area contributed by atoms with Crippen LogP contribution in [0.5, 0.6) is 5.75 Å². The van der Waals surface area contributed by atoms with Gasteiger partial charge in [-0.15, -0.1) is 0 Å². The molecule has 0 saturated heterocycles. The molecular weight excluding hydrogens is 420 g/mol. The Labute approximate surface area is 190 Å². The van der Waals surface area contributed by atoms with Gasteiger partial charge >= 0.3 is 0 Å². The third-order valence-corrected chi connectivity index (χ3v) is 6.13. The lowest BCUT2D eigenvalue weighted by Gasteiger charge is -2.29. The number of benzene rings is 1. The van der Waals surface area contributed by atoms with Crippen LogP contribution in [0.4, 0.5) is 0 Å². The van der Waals surface area contributed by atoms with Crippen molar-refractivity contribution in [3.8, 4) is 17.0 Å². The molecule has 33 heavy (non-hydrogen) atoms. The number of fused-ring (bicyclic) bond motifs is 1. The van der Waals surface area contributed by atoms with E-state index >= 15 is 0 Å². The molecule has 8 heteroatoms. The molecule has 0 bridgehead atoms. The zero-order valence-electron chi connectivity index (χ0n) is 18.2. The van der Waals surface area contributed by atoms with Gasteiger partial charge in [-0.2, -0.15) is 5.10 Å². The maximum absolute atomic E-state index is 12.8. The summed E-state index contributed by atoms with van der Waals surface area (Å²) in [6.07, 6.45) is 6.44. The number of methoxy groups -OCH3 is 1. The Balaban J connectivity index is 1.25. The van der Waals surface area contributed by atoms with Gasteiger partial charge in [-0.1, -0.05) is 12.1 Å². The molecule has 1 aliphatic carbocycles. The van der Waals surface area contributed by atoms with Crippen LogP contribution in [-0.4, -0.2) is 33.8 Å². The van der Waals surface area contributed by atoms with E-state index in [-0.39, 0.29) is 29.3 Å². The zero-order valence-corrected chi connectivity index (χ0v) is 18.2. The number of nitrogens with one attached hydrogen (secondary N) is 1. The first kappa shape index (κ1) is 20.9. The number of pyridine rings is 1. The number of hydrogen-bond acceptors (Lipinski definition) is 6.